The van der Waals surface area contributed by atoms with Gasteiger partial charge in [-0.05, 0) is 37.8 Å². The largest absolute Gasteiger partial charge is 0.336 e. The fourth-order valence-corrected chi connectivity index (χ4v) is 2.86. The third kappa shape index (κ3) is 3.18. The van der Waals surface area contributed by atoms with Gasteiger partial charge in [-0.1, -0.05) is 11.4 Å². The van der Waals surface area contributed by atoms with E-state index >= 15 is 0 Å². The SMILES string of the molecule is CCc1nnsc1C(=O)N1CCCC(NC)C1.Cl. The third-order valence-electron chi connectivity index (χ3n) is 3.20. The van der Waals surface area contributed by atoms with Crippen LogP contribution in [-0.2, 0) is 6.42 Å². The number of carbonyl (C=O) groups is 1. The van der Waals surface area contributed by atoms with E-state index in [1.165, 1.54) is 11.5 Å². The van der Waals surface area contributed by atoms with E-state index < -0.39 is 0 Å². The highest BCUT2D eigenvalue weighted by molar-refractivity contribution is 7.08. The van der Waals surface area contributed by atoms with E-state index in [1.54, 1.807) is 0 Å². The maximum absolute atomic E-state index is 12.3. The fourth-order valence-electron chi connectivity index (χ4n) is 2.14. The summed E-state index contributed by atoms with van der Waals surface area (Å²) >= 11 is 1.21. The smallest absolute Gasteiger partial charge is 0.267 e. The molecule has 1 aliphatic rings. The fraction of sp³-hybridized carbons (Fsp3) is 0.727. The standard InChI is InChI=1S/C11H18N4OS.ClH/c1-3-9-10(17-14-13-9)11(16)15-6-4-5-8(7-15)12-2;/h8,12H,3-7H2,1-2H3;1H. The lowest BCUT2D eigenvalue weighted by molar-refractivity contribution is 0.0702. The van der Waals surface area contributed by atoms with Crippen molar-refractivity contribution in [3.63, 3.8) is 0 Å². The first-order chi connectivity index (χ1) is 8.26. The summed E-state index contributed by atoms with van der Waals surface area (Å²) in [4.78, 5) is 15.0. The molecule has 102 valence electrons. The number of aromatic nitrogens is 2. The van der Waals surface area contributed by atoms with Crippen molar-refractivity contribution in [2.75, 3.05) is 20.1 Å². The number of halogens is 1. The van der Waals surface area contributed by atoms with Gasteiger partial charge in [-0.2, -0.15) is 0 Å². The van der Waals surface area contributed by atoms with Gasteiger partial charge in [0.1, 0.15) is 4.88 Å². The third-order valence-corrected chi connectivity index (χ3v) is 3.96. The van der Waals surface area contributed by atoms with E-state index in [2.05, 4.69) is 14.9 Å². The number of nitrogens with zero attached hydrogens (tertiary/aromatic N) is 3. The number of aryl methyl sites for hydroxylation is 1. The Morgan fingerprint density at radius 3 is 3.06 bits per heavy atom. The second kappa shape index (κ2) is 7.01. The molecule has 1 atom stereocenters. The number of nitrogens with one attached hydrogen (secondary N) is 1. The van der Waals surface area contributed by atoms with Crippen LogP contribution in [0.2, 0.25) is 0 Å². The van der Waals surface area contributed by atoms with Crippen molar-refractivity contribution < 1.29 is 4.79 Å². The Labute approximate surface area is 118 Å². The van der Waals surface area contributed by atoms with Gasteiger partial charge in [-0.15, -0.1) is 17.5 Å². The van der Waals surface area contributed by atoms with Gasteiger partial charge in [-0.3, -0.25) is 4.79 Å². The minimum atomic E-state index is 0. The molecule has 1 aromatic rings. The Bertz CT molecular complexity index is 398. The van der Waals surface area contributed by atoms with E-state index in [-0.39, 0.29) is 18.3 Å². The first-order valence-electron chi connectivity index (χ1n) is 6.04. The molecule has 18 heavy (non-hydrogen) atoms. The van der Waals surface area contributed by atoms with E-state index in [9.17, 15) is 4.79 Å². The molecule has 1 amide bonds. The topological polar surface area (TPSA) is 58.1 Å². The Morgan fingerprint density at radius 1 is 1.61 bits per heavy atom. The molecule has 2 heterocycles. The van der Waals surface area contributed by atoms with E-state index in [0.717, 1.165) is 38.0 Å². The highest BCUT2D eigenvalue weighted by Crippen LogP contribution is 2.18. The van der Waals surface area contributed by atoms with Gasteiger partial charge in [0.05, 0.1) is 5.69 Å². The molecule has 0 bridgehead atoms. The molecule has 1 aliphatic heterocycles. The van der Waals surface area contributed by atoms with Crippen molar-refractivity contribution in [3.8, 4) is 0 Å². The Morgan fingerprint density at radius 2 is 2.39 bits per heavy atom. The summed E-state index contributed by atoms with van der Waals surface area (Å²) in [7, 11) is 1.95. The first kappa shape index (κ1) is 15.3. The lowest BCUT2D eigenvalue weighted by Gasteiger charge is -2.32. The Hall–Kier alpha value is -0.720. The van der Waals surface area contributed by atoms with Crippen LogP contribution in [0.3, 0.4) is 0 Å². The monoisotopic (exact) mass is 290 g/mol. The number of piperidine rings is 1. The van der Waals surface area contributed by atoms with Crippen molar-refractivity contribution in [2.45, 2.75) is 32.2 Å². The normalized spacial score (nSPS) is 19.4. The van der Waals surface area contributed by atoms with Crippen LogP contribution in [0.5, 0.6) is 0 Å². The minimum absolute atomic E-state index is 0. The molecule has 1 fully saturated rings. The molecule has 0 spiro atoms. The maximum Gasteiger partial charge on any atom is 0.267 e. The van der Waals surface area contributed by atoms with Crippen LogP contribution in [-0.4, -0.2) is 46.6 Å². The molecule has 2 rings (SSSR count). The molecule has 0 aliphatic carbocycles. The number of rotatable bonds is 3. The van der Waals surface area contributed by atoms with Crippen LogP contribution in [0.25, 0.3) is 0 Å². The predicted octanol–water partition coefficient (Wildman–Crippen LogP) is 1.35. The van der Waals surface area contributed by atoms with Crippen LogP contribution in [0.4, 0.5) is 0 Å². The molecule has 1 saturated heterocycles. The highest BCUT2D eigenvalue weighted by Gasteiger charge is 2.26. The molecule has 1 unspecified atom stereocenters. The number of likely N-dealkylation sites (N-methyl/N-ethyl adjacent to an activating group) is 1. The maximum atomic E-state index is 12.3. The van der Waals surface area contributed by atoms with E-state index in [0.29, 0.717) is 10.9 Å². The van der Waals surface area contributed by atoms with Gasteiger partial charge in [-0.25, -0.2) is 0 Å². The first-order valence-corrected chi connectivity index (χ1v) is 6.81. The number of likely N-dealkylation sites (tertiary alicyclic amines) is 1. The van der Waals surface area contributed by atoms with Gasteiger partial charge in [0, 0.05) is 19.1 Å². The molecule has 1 N–H and O–H groups in total. The molecule has 0 radical (unpaired) electrons. The quantitative estimate of drug-likeness (QED) is 0.913. The van der Waals surface area contributed by atoms with Crippen molar-refractivity contribution in [1.82, 2.24) is 19.8 Å². The van der Waals surface area contributed by atoms with E-state index in [4.69, 9.17) is 0 Å². The number of carbonyl (C=O) groups excluding carboxylic acids is 1. The van der Waals surface area contributed by atoms with Gasteiger partial charge in [0.2, 0.25) is 0 Å². The lowest BCUT2D eigenvalue weighted by Crippen LogP contribution is -2.46. The van der Waals surface area contributed by atoms with Gasteiger partial charge in [0.15, 0.2) is 0 Å². The van der Waals surface area contributed by atoms with Crippen LogP contribution in [0, 0.1) is 0 Å². The van der Waals surface area contributed by atoms with Gasteiger partial charge >= 0.3 is 0 Å². The van der Waals surface area contributed by atoms with Crippen LogP contribution >= 0.6 is 23.9 Å². The summed E-state index contributed by atoms with van der Waals surface area (Å²) < 4.78 is 3.88. The highest BCUT2D eigenvalue weighted by atomic mass is 35.5. The average molecular weight is 291 g/mol. The average Bonchev–Trinajstić information content (AvgIpc) is 2.86. The van der Waals surface area contributed by atoms with E-state index in [1.807, 2.05) is 18.9 Å². The molecule has 5 nitrogen and oxygen atoms in total. The zero-order valence-electron chi connectivity index (χ0n) is 10.7. The number of amides is 1. The summed E-state index contributed by atoms with van der Waals surface area (Å²) in [6, 6.07) is 0.415. The van der Waals surface area contributed by atoms with Crippen LogP contribution in [0.15, 0.2) is 0 Å². The summed E-state index contributed by atoms with van der Waals surface area (Å²) in [6.45, 7) is 3.63. The van der Waals surface area contributed by atoms with Gasteiger partial charge < -0.3 is 10.2 Å². The Balaban J connectivity index is 0.00000162. The molecule has 7 heteroatoms. The van der Waals surface area contributed by atoms with Crippen LogP contribution < -0.4 is 5.32 Å². The molecular formula is C11H19ClN4OS. The Kier molecular flexibility index (Phi) is 5.98. The predicted molar refractivity (Wildman–Crippen MR) is 74.5 cm³/mol. The molecular weight excluding hydrogens is 272 g/mol. The summed E-state index contributed by atoms with van der Waals surface area (Å²) in [5.41, 5.74) is 0.826. The van der Waals surface area contributed by atoms with Crippen molar-refractivity contribution >= 4 is 29.8 Å². The molecule has 0 aromatic carbocycles. The minimum Gasteiger partial charge on any atom is -0.336 e. The van der Waals surface area contributed by atoms with Crippen molar-refractivity contribution in [3.05, 3.63) is 10.6 Å². The number of hydrogen-bond acceptors (Lipinski definition) is 5. The number of hydrogen-bond donors (Lipinski definition) is 1. The second-order valence-electron chi connectivity index (χ2n) is 4.28. The molecule has 0 saturated carbocycles. The second-order valence-corrected chi connectivity index (χ2v) is 5.04. The molecule has 1 aromatic heterocycles. The zero-order chi connectivity index (χ0) is 12.3. The zero-order valence-corrected chi connectivity index (χ0v) is 12.3. The summed E-state index contributed by atoms with van der Waals surface area (Å²) in [5, 5.41) is 7.24. The van der Waals surface area contributed by atoms with Crippen LogP contribution in [0.1, 0.15) is 35.1 Å². The van der Waals surface area contributed by atoms with Crippen molar-refractivity contribution in [1.29, 1.82) is 0 Å². The van der Waals surface area contributed by atoms with Gasteiger partial charge in [0.25, 0.3) is 5.91 Å². The summed E-state index contributed by atoms with van der Waals surface area (Å²) in [6.07, 6.45) is 2.97. The summed E-state index contributed by atoms with van der Waals surface area (Å²) in [5.74, 6) is 0.0943. The lowest BCUT2D eigenvalue weighted by atomic mass is 10.1. The van der Waals surface area contributed by atoms with Crippen molar-refractivity contribution in [2.24, 2.45) is 0 Å².